The van der Waals surface area contributed by atoms with Gasteiger partial charge in [0.1, 0.15) is 40.2 Å². The van der Waals surface area contributed by atoms with Crippen molar-refractivity contribution in [1.29, 1.82) is 0 Å². The second-order valence-electron chi connectivity index (χ2n) is 17.4. The molecule has 7 aromatic carbocycles. The van der Waals surface area contributed by atoms with Crippen molar-refractivity contribution in [1.82, 2.24) is 0 Å². The molecule has 318 valence electrons. The molecule has 7 rings (SSSR count). The Balaban J connectivity index is 1.29. The number of phenols is 7. The molecule has 7 aromatic rings. The monoisotopic (exact) mass is 828 g/mol. The van der Waals surface area contributed by atoms with Crippen LogP contribution in [-0.4, -0.2) is 35.7 Å². The maximum Gasteiger partial charge on any atom is 0.122 e. The third-order valence-electron chi connectivity index (χ3n) is 12.6. The fourth-order valence-electron chi connectivity index (χ4n) is 9.08. The largest absolute Gasteiger partial charge is 0.508 e. The van der Waals surface area contributed by atoms with Crippen LogP contribution in [0.4, 0.5) is 0 Å². The molecule has 7 heteroatoms. The summed E-state index contributed by atoms with van der Waals surface area (Å²) in [7, 11) is 0. The van der Waals surface area contributed by atoms with E-state index in [4.69, 9.17) is 0 Å². The van der Waals surface area contributed by atoms with Crippen LogP contribution in [0.3, 0.4) is 0 Å². The molecule has 62 heavy (non-hydrogen) atoms. The number of aryl methyl sites for hydroxylation is 9. The van der Waals surface area contributed by atoms with Gasteiger partial charge in [0, 0.05) is 35.8 Å². The zero-order valence-corrected chi connectivity index (χ0v) is 36.9. The number of rotatable bonds is 10. The molecular formula is C55H56O7. The fourth-order valence-corrected chi connectivity index (χ4v) is 9.08. The van der Waals surface area contributed by atoms with E-state index in [-0.39, 0.29) is 40.2 Å². The Morgan fingerprint density at radius 2 is 0.597 bits per heavy atom. The summed E-state index contributed by atoms with van der Waals surface area (Å²) in [4.78, 5) is 0. The van der Waals surface area contributed by atoms with Crippen LogP contribution in [0, 0.1) is 62.3 Å². The van der Waals surface area contributed by atoms with Gasteiger partial charge in [0.25, 0.3) is 0 Å². The van der Waals surface area contributed by atoms with E-state index in [2.05, 4.69) is 0 Å². The Morgan fingerprint density at radius 3 is 0.887 bits per heavy atom. The summed E-state index contributed by atoms with van der Waals surface area (Å²) in [5.41, 5.74) is 15.5. The molecular weight excluding hydrogens is 773 g/mol. The van der Waals surface area contributed by atoms with E-state index in [1.54, 1.807) is 36.4 Å². The molecule has 7 nitrogen and oxygen atoms in total. The third-order valence-corrected chi connectivity index (χ3v) is 12.6. The molecule has 0 aliphatic carbocycles. The first kappa shape index (κ1) is 43.2. The first-order chi connectivity index (χ1) is 29.3. The van der Waals surface area contributed by atoms with Gasteiger partial charge in [-0.2, -0.15) is 0 Å². The molecule has 7 N–H and O–H groups in total. The lowest BCUT2D eigenvalue weighted by Crippen LogP contribution is -2.09. The van der Waals surface area contributed by atoms with E-state index in [1.165, 1.54) is 0 Å². The van der Waals surface area contributed by atoms with E-state index >= 15 is 0 Å². The van der Waals surface area contributed by atoms with Crippen molar-refractivity contribution < 1.29 is 35.7 Å². The number of hydrogen-bond donors (Lipinski definition) is 7. The van der Waals surface area contributed by atoms with Gasteiger partial charge in [-0.15, -0.1) is 0 Å². The molecule has 0 heterocycles. The van der Waals surface area contributed by atoms with Gasteiger partial charge in [0.05, 0.1) is 0 Å². The van der Waals surface area contributed by atoms with Crippen LogP contribution in [-0.2, 0) is 12.8 Å². The van der Waals surface area contributed by atoms with Crippen LogP contribution >= 0.6 is 0 Å². The van der Waals surface area contributed by atoms with Gasteiger partial charge in [-0.05, 0) is 188 Å². The SMILES string of the molecule is Cc1cc(Cc2ccc(O)c(C(c3cc(C)c(O)cc3C)c3cc(C)c(O)cc3C)c2)c(O)c(Cc2ccc(O)c(C(c3cc(C)c(O)cc3C)c3cc(C)c(O)cc3C)c2)c1. The van der Waals surface area contributed by atoms with Crippen molar-refractivity contribution in [3.8, 4) is 40.2 Å². The molecule has 0 amide bonds. The summed E-state index contributed by atoms with van der Waals surface area (Å²) < 4.78 is 0. The predicted molar refractivity (Wildman–Crippen MR) is 247 cm³/mol. The summed E-state index contributed by atoms with van der Waals surface area (Å²) in [6.45, 7) is 17.2. The predicted octanol–water partition coefficient (Wildman–Crippen LogP) is 11.9. The molecule has 0 spiro atoms. The lowest BCUT2D eigenvalue weighted by Gasteiger charge is -2.26. The number of benzene rings is 7. The van der Waals surface area contributed by atoms with Crippen LogP contribution in [0.1, 0.15) is 118 Å². The van der Waals surface area contributed by atoms with Gasteiger partial charge in [-0.25, -0.2) is 0 Å². The molecule has 0 atom stereocenters. The molecule has 0 radical (unpaired) electrons. The third kappa shape index (κ3) is 8.40. The second kappa shape index (κ2) is 16.9. The smallest absolute Gasteiger partial charge is 0.122 e. The molecule has 0 aliphatic rings. The van der Waals surface area contributed by atoms with Gasteiger partial charge in [-0.1, -0.05) is 66.2 Å². The maximum atomic E-state index is 12.0. The Kier molecular flexibility index (Phi) is 11.8. The van der Waals surface area contributed by atoms with Crippen molar-refractivity contribution in [2.24, 2.45) is 0 Å². The molecule has 0 saturated carbocycles. The van der Waals surface area contributed by atoms with Gasteiger partial charge in [0.15, 0.2) is 0 Å². The Labute approximate surface area is 364 Å². The number of phenolic OH excluding ortho intramolecular Hbond substituents is 7. The van der Waals surface area contributed by atoms with Crippen molar-refractivity contribution >= 4 is 0 Å². The van der Waals surface area contributed by atoms with Crippen molar-refractivity contribution in [2.45, 2.75) is 87.0 Å². The van der Waals surface area contributed by atoms with Crippen LogP contribution in [0.15, 0.2) is 97.1 Å². The zero-order chi connectivity index (χ0) is 44.9. The number of hydrogen-bond acceptors (Lipinski definition) is 7. The van der Waals surface area contributed by atoms with E-state index in [1.807, 2.05) is 123 Å². The van der Waals surface area contributed by atoms with Gasteiger partial charge < -0.3 is 35.7 Å². The highest BCUT2D eigenvalue weighted by Gasteiger charge is 2.28. The Hall–Kier alpha value is -6.86. The quantitative estimate of drug-likeness (QED) is 0.0681. The summed E-state index contributed by atoms with van der Waals surface area (Å²) in [5.74, 6) is 0.318. The minimum Gasteiger partial charge on any atom is -0.508 e. The minimum atomic E-state index is -0.425. The highest BCUT2D eigenvalue weighted by atomic mass is 16.3. The standard InChI is InChI=1S/C55H56O7/c1-28-14-39(24-37-10-12-47(56)45(26-37)53(41-16-33(6)49(58)20-29(41)2)42-17-34(7)50(59)21-30(42)3)55(62)40(15-28)25-38-11-13-48(57)46(27-38)54(43-18-35(8)51(60)22-31(43)4)44-19-36(9)52(61)23-32(44)5/h10-23,26-27,53-54,56-62H,24-25H2,1-9H3. The topological polar surface area (TPSA) is 142 Å². The molecule has 0 saturated heterocycles. The molecule has 0 aliphatic heterocycles. The first-order valence-electron chi connectivity index (χ1n) is 21.0. The first-order valence-corrected chi connectivity index (χ1v) is 21.0. The maximum absolute atomic E-state index is 12.0. The molecule has 0 unspecified atom stereocenters. The van der Waals surface area contributed by atoms with E-state index in [9.17, 15) is 35.7 Å². The average Bonchev–Trinajstić information content (AvgIpc) is 3.20. The van der Waals surface area contributed by atoms with Gasteiger partial charge >= 0.3 is 0 Å². The van der Waals surface area contributed by atoms with E-state index in [0.717, 1.165) is 72.3 Å². The highest BCUT2D eigenvalue weighted by Crippen LogP contribution is 2.45. The second-order valence-corrected chi connectivity index (χ2v) is 17.4. The van der Waals surface area contributed by atoms with E-state index in [0.29, 0.717) is 46.2 Å². The van der Waals surface area contributed by atoms with Crippen LogP contribution in [0.2, 0.25) is 0 Å². The van der Waals surface area contributed by atoms with Crippen molar-refractivity contribution in [3.63, 3.8) is 0 Å². The normalized spacial score (nSPS) is 11.5. The average molecular weight is 829 g/mol. The van der Waals surface area contributed by atoms with E-state index < -0.39 is 11.8 Å². The number of aromatic hydroxyl groups is 7. The summed E-state index contributed by atoms with van der Waals surface area (Å²) in [5, 5.41) is 77.4. The summed E-state index contributed by atoms with van der Waals surface area (Å²) in [6, 6.07) is 29.9. The van der Waals surface area contributed by atoms with Crippen LogP contribution < -0.4 is 0 Å². The summed E-state index contributed by atoms with van der Waals surface area (Å²) >= 11 is 0. The minimum absolute atomic E-state index is 0.111. The Bertz CT molecular complexity index is 2580. The highest BCUT2D eigenvalue weighted by molar-refractivity contribution is 5.60. The molecule has 0 bridgehead atoms. The van der Waals surface area contributed by atoms with Crippen LogP contribution in [0.25, 0.3) is 0 Å². The van der Waals surface area contributed by atoms with Gasteiger partial charge in [-0.3, -0.25) is 0 Å². The zero-order valence-electron chi connectivity index (χ0n) is 36.9. The summed E-state index contributed by atoms with van der Waals surface area (Å²) in [6.07, 6.45) is 0.757. The molecule has 0 fully saturated rings. The van der Waals surface area contributed by atoms with Crippen molar-refractivity contribution in [3.05, 3.63) is 203 Å². The van der Waals surface area contributed by atoms with Crippen LogP contribution in [0.5, 0.6) is 40.2 Å². The van der Waals surface area contributed by atoms with Crippen molar-refractivity contribution in [2.75, 3.05) is 0 Å². The fraction of sp³-hybridized carbons (Fsp3) is 0.236. The lowest BCUT2D eigenvalue weighted by molar-refractivity contribution is 0.462. The Morgan fingerprint density at radius 1 is 0.306 bits per heavy atom. The van der Waals surface area contributed by atoms with Gasteiger partial charge in [0.2, 0.25) is 0 Å². The molecule has 0 aromatic heterocycles. The lowest BCUT2D eigenvalue weighted by atomic mass is 9.79.